The number of benzene rings is 1. The summed E-state index contributed by atoms with van der Waals surface area (Å²) in [7, 11) is -3.50. The number of carbonyl (C=O) groups is 1. The number of carbonyl (C=O) groups excluding carboxylic acids is 1. The molecule has 0 aliphatic carbocycles. The SMILES string of the molecule is O=C(CSc1n[nH]c(-c2ccncc2)n1)Nc1ccc(S(=O)(=O)N2CCCCCC2)cc1. The Morgan fingerprint density at radius 3 is 2.41 bits per heavy atom. The molecule has 3 aromatic rings. The van der Waals surface area contributed by atoms with Gasteiger partial charge < -0.3 is 5.32 Å². The molecule has 1 aliphatic rings. The summed E-state index contributed by atoms with van der Waals surface area (Å²) in [6, 6.07) is 9.94. The van der Waals surface area contributed by atoms with E-state index in [2.05, 4.69) is 25.5 Å². The highest BCUT2D eigenvalue weighted by Crippen LogP contribution is 2.22. The molecule has 2 aromatic heterocycles. The molecule has 4 rings (SSSR count). The summed E-state index contributed by atoms with van der Waals surface area (Å²) in [6.07, 6.45) is 7.24. The smallest absolute Gasteiger partial charge is 0.243 e. The van der Waals surface area contributed by atoms with Crippen molar-refractivity contribution in [1.82, 2.24) is 24.5 Å². The van der Waals surface area contributed by atoms with Crippen LogP contribution in [-0.2, 0) is 14.8 Å². The number of rotatable bonds is 7. The molecule has 0 spiro atoms. The fourth-order valence-electron chi connectivity index (χ4n) is 3.42. The Labute approximate surface area is 191 Å². The van der Waals surface area contributed by atoms with Crippen LogP contribution in [0.3, 0.4) is 0 Å². The van der Waals surface area contributed by atoms with E-state index in [4.69, 9.17) is 0 Å². The second-order valence-corrected chi connectivity index (χ2v) is 10.3. The number of hydrogen-bond acceptors (Lipinski definition) is 7. The first-order valence-corrected chi connectivity index (χ1v) is 12.8. The van der Waals surface area contributed by atoms with Gasteiger partial charge in [-0.25, -0.2) is 13.4 Å². The van der Waals surface area contributed by atoms with Crippen LogP contribution in [0.25, 0.3) is 11.4 Å². The second kappa shape index (κ2) is 10.2. The monoisotopic (exact) mass is 472 g/mol. The number of H-pyrrole nitrogens is 1. The predicted octanol–water partition coefficient (Wildman–Crippen LogP) is 3.16. The summed E-state index contributed by atoms with van der Waals surface area (Å²) in [5.41, 5.74) is 1.40. The van der Waals surface area contributed by atoms with E-state index in [-0.39, 0.29) is 16.6 Å². The third-order valence-electron chi connectivity index (χ3n) is 5.09. The quantitative estimate of drug-likeness (QED) is 0.507. The van der Waals surface area contributed by atoms with Gasteiger partial charge in [0.05, 0.1) is 10.6 Å². The minimum Gasteiger partial charge on any atom is -0.325 e. The van der Waals surface area contributed by atoms with Crippen molar-refractivity contribution in [3.8, 4) is 11.4 Å². The highest BCUT2D eigenvalue weighted by Gasteiger charge is 2.25. The third kappa shape index (κ3) is 5.53. The number of sulfonamides is 1. The molecule has 0 radical (unpaired) electrons. The normalized spacial score (nSPS) is 15.2. The Hall–Kier alpha value is -2.76. The van der Waals surface area contributed by atoms with Gasteiger partial charge in [-0.3, -0.25) is 14.9 Å². The summed E-state index contributed by atoms with van der Waals surface area (Å²) in [4.78, 5) is 20.9. The van der Waals surface area contributed by atoms with Crippen LogP contribution in [0.1, 0.15) is 25.7 Å². The third-order valence-corrected chi connectivity index (χ3v) is 7.85. The highest BCUT2D eigenvalue weighted by molar-refractivity contribution is 7.99. The first-order chi connectivity index (χ1) is 15.5. The lowest BCUT2D eigenvalue weighted by molar-refractivity contribution is -0.113. The topological polar surface area (TPSA) is 121 Å². The van der Waals surface area contributed by atoms with Crippen LogP contribution in [-0.4, -0.2) is 57.6 Å². The predicted molar refractivity (Wildman–Crippen MR) is 123 cm³/mol. The van der Waals surface area contributed by atoms with Gasteiger partial charge in [-0.05, 0) is 49.2 Å². The lowest BCUT2D eigenvalue weighted by Gasteiger charge is -2.20. The van der Waals surface area contributed by atoms with Gasteiger partial charge in [0.1, 0.15) is 0 Å². The largest absolute Gasteiger partial charge is 0.325 e. The zero-order chi connectivity index (χ0) is 22.4. The first-order valence-electron chi connectivity index (χ1n) is 10.4. The number of aromatic nitrogens is 4. The molecule has 0 bridgehead atoms. The number of nitrogens with zero attached hydrogens (tertiary/aromatic N) is 4. The highest BCUT2D eigenvalue weighted by atomic mass is 32.2. The summed E-state index contributed by atoms with van der Waals surface area (Å²) < 4.78 is 27.3. The van der Waals surface area contributed by atoms with E-state index < -0.39 is 10.0 Å². The van der Waals surface area contributed by atoms with Crippen molar-refractivity contribution in [2.24, 2.45) is 0 Å². The Kier molecular flexibility index (Phi) is 7.18. The molecule has 0 saturated carbocycles. The van der Waals surface area contributed by atoms with Crippen LogP contribution >= 0.6 is 11.8 Å². The maximum Gasteiger partial charge on any atom is 0.243 e. The molecular weight excluding hydrogens is 448 g/mol. The van der Waals surface area contributed by atoms with Crippen LogP contribution < -0.4 is 5.32 Å². The molecule has 1 fully saturated rings. The number of hydrogen-bond donors (Lipinski definition) is 2. The number of pyridine rings is 1. The van der Waals surface area contributed by atoms with Crippen LogP contribution in [0.4, 0.5) is 5.69 Å². The van der Waals surface area contributed by atoms with Crippen molar-refractivity contribution in [1.29, 1.82) is 0 Å². The van der Waals surface area contributed by atoms with E-state index in [1.807, 2.05) is 12.1 Å². The summed E-state index contributed by atoms with van der Waals surface area (Å²) in [5.74, 6) is 0.506. The molecular formula is C21H24N6O3S2. The fraction of sp³-hybridized carbons (Fsp3) is 0.333. The molecule has 1 aromatic carbocycles. The Morgan fingerprint density at radius 2 is 1.72 bits per heavy atom. The number of nitrogens with one attached hydrogen (secondary N) is 2. The minimum absolute atomic E-state index is 0.126. The standard InChI is InChI=1S/C21H24N6O3S2/c28-19(15-31-21-24-20(25-26-21)16-9-11-22-12-10-16)23-17-5-7-18(8-6-17)32(29,30)27-13-3-1-2-4-14-27/h5-12H,1-4,13-15H2,(H,23,28)(H,24,25,26). The van der Waals surface area contributed by atoms with Crippen molar-refractivity contribution >= 4 is 33.4 Å². The average Bonchev–Trinajstić information content (AvgIpc) is 3.11. The van der Waals surface area contributed by atoms with E-state index >= 15 is 0 Å². The van der Waals surface area contributed by atoms with E-state index in [1.54, 1.807) is 41.0 Å². The number of thioether (sulfide) groups is 1. The molecule has 9 nitrogen and oxygen atoms in total. The van der Waals surface area contributed by atoms with Crippen molar-refractivity contribution in [3.05, 3.63) is 48.8 Å². The Morgan fingerprint density at radius 1 is 1.03 bits per heavy atom. The van der Waals surface area contributed by atoms with Gasteiger partial charge in [0, 0.05) is 36.7 Å². The van der Waals surface area contributed by atoms with Crippen molar-refractivity contribution < 1.29 is 13.2 Å². The van der Waals surface area contributed by atoms with Crippen LogP contribution in [0.5, 0.6) is 0 Å². The van der Waals surface area contributed by atoms with Crippen molar-refractivity contribution in [2.75, 3.05) is 24.2 Å². The second-order valence-electron chi connectivity index (χ2n) is 7.38. The molecule has 2 N–H and O–H groups in total. The molecule has 1 amide bonds. The molecule has 32 heavy (non-hydrogen) atoms. The van der Waals surface area contributed by atoms with E-state index in [9.17, 15) is 13.2 Å². The number of anilines is 1. The van der Waals surface area contributed by atoms with Gasteiger partial charge in [0.2, 0.25) is 21.1 Å². The van der Waals surface area contributed by atoms with Crippen LogP contribution in [0, 0.1) is 0 Å². The summed E-state index contributed by atoms with van der Waals surface area (Å²) >= 11 is 1.21. The molecule has 0 unspecified atom stereocenters. The molecule has 0 atom stereocenters. The van der Waals surface area contributed by atoms with Gasteiger partial charge in [0.25, 0.3) is 0 Å². The minimum atomic E-state index is -3.50. The van der Waals surface area contributed by atoms with E-state index in [0.29, 0.717) is 29.8 Å². The zero-order valence-electron chi connectivity index (χ0n) is 17.4. The molecule has 1 saturated heterocycles. The van der Waals surface area contributed by atoms with E-state index in [1.165, 1.54) is 11.8 Å². The van der Waals surface area contributed by atoms with E-state index in [0.717, 1.165) is 31.2 Å². The fourth-order valence-corrected chi connectivity index (χ4v) is 5.53. The van der Waals surface area contributed by atoms with Gasteiger partial charge in [0.15, 0.2) is 5.82 Å². The van der Waals surface area contributed by atoms with Gasteiger partial charge in [-0.1, -0.05) is 24.6 Å². The number of amides is 1. The van der Waals surface area contributed by atoms with Gasteiger partial charge in [-0.15, -0.1) is 5.10 Å². The van der Waals surface area contributed by atoms with Crippen LogP contribution in [0.15, 0.2) is 58.8 Å². The number of aromatic amines is 1. The average molecular weight is 473 g/mol. The maximum absolute atomic E-state index is 12.9. The lowest BCUT2D eigenvalue weighted by Crippen LogP contribution is -2.31. The van der Waals surface area contributed by atoms with Crippen molar-refractivity contribution in [3.63, 3.8) is 0 Å². The summed E-state index contributed by atoms with van der Waals surface area (Å²) in [6.45, 7) is 1.12. The Bertz CT molecular complexity index is 1140. The van der Waals surface area contributed by atoms with Gasteiger partial charge >= 0.3 is 0 Å². The zero-order valence-corrected chi connectivity index (χ0v) is 19.0. The van der Waals surface area contributed by atoms with Crippen molar-refractivity contribution in [2.45, 2.75) is 35.7 Å². The molecule has 168 valence electrons. The molecule has 11 heteroatoms. The molecule has 3 heterocycles. The Balaban J connectivity index is 1.32. The lowest BCUT2D eigenvalue weighted by atomic mass is 10.2. The van der Waals surface area contributed by atoms with Gasteiger partial charge in [-0.2, -0.15) is 4.31 Å². The van der Waals surface area contributed by atoms with Crippen LogP contribution in [0.2, 0.25) is 0 Å². The summed E-state index contributed by atoms with van der Waals surface area (Å²) in [5, 5.41) is 10.2. The maximum atomic E-state index is 12.9. The molecule has 1 aliphatic heterocycles. The first kappa shape index (κ1) is 22.4.